The molecule has 0 saturated carbocycles. The van der Waals surface area contributed by atoms with Crippen molar-refractivity contribution in [1.29, 1.82) is 0 Å². The molecule has 0 aliphatic carbocycles. The molecule has 6 heteroatoms. The Bertz CT molecular complexity index is 699. The number of carbonyl (C=O) groups excluding carboxylic acids is 2. The molecule has 110 valence electrons. The van der Waals surface area contributed by atoms with Crippen LogP contribution in [0.5, 0.6) is 0 Å². The minimum Gasteiger partial charge on any atom is -0.462 e. The monoisotopic (exact) mass is 351 g/mol. The summed E-state index contributed by atoms with van der Waals surface area (Å²) >= 11 is 3.38. The molecule has 0 aliphatic heterocycles. The van der Waals surface area contributed by atoms with Crippen molar-refractivity contribution in [2.75, 3.05) is 13.2 Å². The predicted molar refractivity (Wildman–Crippen MR) is 81.4 cm³/mol. The van der Waals surface area contributed by atoms with Gasteiger partial charge in [-0.2, -0.15) is 0 Å². The minimum absolute atomic E-state index is 0.0327. The average molecular weight is 352 g/mol. The van der Waals surface area contributed by atoms with Crippen LogP contribution in [0.3, 0.4) is 0 Å². The van der Waals surface area contributed by atoms with Gasteiger partial charge < -0.3 is 9.47 Å². The summed E-state index contributed by atoms with van der Waals surface area (Å²) in [5.41, 5.74) is 0.671. The van der Waals surface area contributed by atoms with Gasteiger partial charge in [0.1, 0.15) is 0 Å². The van der Waals surface area contributed by atoms with Crippen LogP contribution in [0.4, 0.5) is 0 Å². The van der Waals surface area contributed by atoms with E-state index < -0.39 is 11.9 Å². The van der Waals surface area contributed by atoms with Crippen LogP contribution in [0, 0.1) is 0 Å². The van der Waals surface area contributed by atoms with Gasteiger partial charge in [-0.15, -0.1) is 0 Å². The van der Waals surface area contributed by atoms with E-state index in [0.29, 0.717) is 5.52 Å². The maximum absolute atomic E-state index is 12.0. The van der Waals surface area contributed by atoms with E-state index in [1.165, 1.54) is 0 Å². The van der Waals surface area contributed by atoms with E-state index in [2.05, 4.69) is 20.9 Å². The number of pyridine rings is 1. The van der Waals surface area contributed by atoms with Gasteiger partial charge in [-0.1, -0.05) is 12.1 Å². The fraction of sp³-hybridized carbons (Fsp3) is 0.267. The third-order valence-electron chi connectivity index (χ3n) is 2.76. The number of rotatable bonds is 4. The molecule has 0 aliphatic rings. The summed E-state index contributed by atoms with van der Waals surface area (Å²) in [5.74, 6) is -1.23. The molecular formula is C15H14BrNO4. The van der Waals surface area contributed by atoms with Gasteiger partial charge in [-0.25, -0.2) is 14.6 Å². The zero-order chi connectivity index (χ0) is 15.4. The summed E-state index contributed by atoms with van der Waals surface area (Å²) in [7, 11) is 0. The lowest BCUT2D eigenvalue weighted by atomic mass is 10.1. The highest BCUT2D eigenvalue weighted by Gasteiger charge is 2.22. The molecule has 1 aromatic carbocycles. The lowest BCUT2D eigenvalue weighted by molar-refractivity contribution is 0.0474. The number of halogens is 1. The van der Waals surface area contributed by atoms with E-state index in [-0.39, 0.29) is 24.5 Å². The van der Waals surface area contributed by atoms with Gasteiger partial charge >= 0.3 is 11.9 Å². The molecule has 1 heterocycles. The Balaban J connectivity index is 2.65. The molecule has 0 amide bonds. The number of esters is 2. The molecule has 0 saturated heterocycles. The fourth-order valence-corrected chi connectivity index (χ4v) is 2.35. The van der Waals surface area contributed by atoms with Gasteiger partial charge in [0.05, 0.1) is 24.3 Å². The zero-order valence-corrected chi connectivity index (χ0v) is 13.3. The second-order valence-electron chi connectivity index (χ2n) is 4.14. The molecule has 2 aromatic rings. The van der Waals surface area contributed by atoms with E-state index in [0.717, 1.165) is 9.86 Å². The molecule has 0 radical (unpaired) electrons. The van der Waals surface area contributed by atoms with Crippen LogP contribution in [0.15, 0.2) is 28.7 Å². The summed E-state index contributed by atoms with van der Waals surface area (Å²) in [6.07, 6.45) is 0. The van der Waals surface area contributed by atoms with Crippen molar-refractivity contribution < 1.29 is 19.1 Å². The highest BCUT2D eigenvalue weighted by Crippen LogP contribution is 2.25. The number of hydrogen-bond donors (Lipinski definition) is 0. The lowest BCUT2D eigenvalue weighted by Crippen LogP contribution is -2.16. The third kappa shape index (κ3) is 3.21. The van der Waals surface area contributed by atoms with Gasteiger partial charge in [-0.05, 0) is 41.9 Å². The summed E-state index contributed by atoms with van der Waals surface area (Å²) in [6.45, 7) is 3.82. The molecule has 0 N–H and O–H groups in total. The minimum atomic E-state index is -0.641. The summed E-state index contributed by atoms with van der Waals surface area (Å²) in [4.78, 5) is 28.3. The molecule has 0 atom stereocenters. The second kappa shape index (κ2) is 6.67. The van der Waals surface area contributed by atoms with Crippen molar-refractivity contribution in [3.05, 3.63) is 40.0 Å². The summed E-state index contributed by atoms with van der Waals surface area (Å²) in [5, 5.41) is 0.737. The molecule has 1 aromatic heterocycles. The van der Waals surface area contributed by atoms with Crippen LogP contribution in [0.2, 0.25) is 0 Å². The Morgan fingerprint density at radius 3 is 2.48 bits per heavy atom. The number of nitrogens with zero attached hydrogens (tertiary/aromatic N) is 1. The highest BCUT2D eigenvalue weighted by molar-refractivity contribution is 9.10. The molecule has 2 rings (SSSR count). The standard InChI is InChI=1S/C15H14BrNO4/c1-3-20-14(18)10-8-9-6-5-7-11(16)12(9)17-13(10)15(19)21-4-2/h5-8H,3-4H2,1-2H3. The first-order valence-corrected chi connectivity index (χ1v) is 7.31. The van der Waals surface area contributed by atoms with Crippen molar-refractivity contribution in [3.63, 3.8) is 0 Å². The quantitative estimate of drug-likeness (QED) is 0.790. The first-order valence-electron chi connectivity index (χ1n) is 6.52. The molecule has 0 bridgehead atoms. The van der Waals surface area contributed by atoms with Gasteiger partial charge in [0.15, 0.2) is 5.69 Å². The van der Waals surface area contributed by atoms with Crippen LogP contribution in [-0.2, 0) is 9.47 Å². The normalized spacial score (nSPS) is 10.4. The third-order valence-corrected chi connectivity index (χ3v) is 3.40. The van der Waals surface area contributed by atoms with Gasteiger partial charge in [0, 0.05) is 9.86 Å². The number of hydrogen-bond acceptors (Lipinski definition) is 5. The smallest absolute Gasteiger partial charge is 0.357 e. The molecule has 0 unspecified atom stereocenters. The van der Waals surface area contributed by atoms with E-state index in [1.54, 1.807) is 19.9 Å². The molecule has 0 spiro atoms. The van der Waals surface area contributed by atoms with E-state index in [1.807, 2.05) is 18.2 Å². The van der Waals surface area contributed by atoms with Crippen LogP contribution < -0.4 is 0 Å². The summed E-state index contributed by atoms with van der Waals surface area (Å²) in [6, 6.07) is 7.05. The van der Waals surface area contributed by atoms with Crippen molar-refractivity contribution in [2.45, 2.75) is 13.8 Å². The van der Waals surface area contributed by atoms with E-state index in [4.69, 9.17) is 9.47 Å². The molecule has 5 nitrogen and oxygen atoms in total. The SMILES string of the molecule is CCOC(=O)c1cc2cccc(Br)c2nc1C(=O)OCC. The summed E-state index contributed by atoms with van der Waals surface area (Å²) < 4.78 is 10.7. The zero-order valence-electron chi connectivity index (χ0n) is 11.7. The van der Waals surface area contributed by atoms with E-state index >= 15 is 0 Å². The maximum Gasteiger partial charge on any atom is 0.357 e. The number of para-hydroxylation sites is 1. The van der Waals surface area contributed by atoms with Crippen LogP contribution in [0.25, 0.3) is 10.9 Å². The first kappa shape index (κ1) is 15.4. The number of carbonyl (C=O) groups is 2. The van der Waals surface area contributed by atoms with Crippen molar-refractivity contribution in [3.8, 4) is 0 Å². The van der Waals surface area contributed by atoms with Crippen LogP contribution in [0.1, 0.15) is 34.7 Å². The van der Waals surface area contributed by atoms with Crippen molar-refractivity contribution in [2.24, 2.45) is 0 Å². The predicted octanol–water partition coefficient (Wildman–Crippen LogP) is 3.35. The Morgan fingerprint density at radius 1 is 1.14 bits per heavy atom. The van der Waals surface area contributed by atoms with Crippen molar-refractivity contribution in [1.82, 2.24) is 4.98 Å². The average Bonchev–Trinajstić information content (AvgIpc) is 2.47. The Morgan fingerprint density at radius 2 is 1.81 bits per heavy atom. The Hall–Kier alpha value is -1.95. The Labute approximate surface area is 130 Å². The van der Waals surface area contributed by atoms with Gasteiger partial charge in [0.25, 0.3) is 0 Å². The molecular weight excluding hydrogens is 338 g/mol. The van der Waals surface area contributed by atoms with Crippen LogP contribution in [-0.4, -0.2) is 30.1 Å². The van der Waals surface area contributed by atoms with E-state index in [9.17, 15) is 9.59 Å². The maximum atomic E-state index is 12.0. The highest BCUT2D eigenvalue weighted by atomic mass is 79.9. The van der Waals surface area contributed by atoms with Crippen LogP contribution >= 0.6 is 15.9 Å². The first-order chi connectivity index (χ1) is 10.1. The number of ether oxygens (including phenoxy) is 2. The number of aromatic nitrogens is 1. The number of fused-ring (bicyclic) bond motifs is 1. The molecule has 0 fully saturated rings. The topological polar surface area (TPSA) is 65.5 Å². The van der Waals surface area contributed by atoms with Crippen molar-refractivity contribution >= 4 is 38.8 Å². The van der Waals surface area contributed by atoms with Gasteiger partial charge in [0.2, 0.25) is 0 Å². The Kier molecular flexibility index (Phi) is 4.90. The molecule has 21 heavy (non-hydrogen) atoms. The largest absolute Gasteiger partial charge is 0.462 e. The second-order valence-corrected chi connectivity index (χ2v) is 4.99. The van der Waals surface area contributed by atoms with Gasteiger partial charge in [-0.3, -0.25) is 0 Å². The number of benzene rings is 1. The fourth-order valence-electron chi connectivity index (χ4n) is 1.88. The lowest BCUT2D eigenvalue weighted by Gasteiger charge is -2.10.